The molecule has 0 amide bonds. The van der Waals surface area contributed by atoms with Crippen LogP contribution in [0.15, 0.2) is 42.5 Å². The van der Waals surface area contributed by atoms with E-state index in [1.807, 2.05) is 24.3 Å². The van der Waals surface area contributed by atoms with Gasteiger partial charge >= 0.3 is 0 Å². The molecule has 0 spiro atoms. The summed E-state index contributed by atoms with van der Waals surface area (Å²) in [4.78, 5) is 11.6. The summed E-state index contributed by atoms with van der Waals surface area (Å²) < 4.78 is 18.9. The van der Waals surface area contributed by atoms with E-state index in [1.54, 1.807) is 19.2 Å². The Bertz CT molecular complexity index is 640. The van der Waals surface area contributed by atoms with Crippen LogP contribution in [0, 0.1) is 5.82 Å². The first-order valence-corrected chi connectivity index (χ1v) is 6.72. The van der Waals surface area contributed by atoms with Crippen molar-refractivity contribution in [3.63, 3.8) is 0 Å². The Kier molecular flexibility index (Phi) is 5.06. The standard InChI is InChI=1S/C17H18FNO2/c1-12(20)17-15(18)8-5-9-16(17)19-10-13-6-3-4-7-14(13)11-21-2/h3-9,19H,10-11H2,1-2H3. The molecule has 0 atom stereocenters. The summed E-state index contributed by atoms with van der Waals surface area (Å²) in [6.45, 7) is 2.38. The molecule has 1 N–H and O–H groups in total. The summed E-state index contributed by atoms with van der Waals surface area (Å²) in [5, 5.41) is 3.13. The number of ether oxygens (including phenoxy) is 1. The molecule has 0 heterocycles. The second-order valence-corrected chi connectivity index (χ2v) is 4.77. The summed E-state index contributed by atoms with van der Waals surface area (Å²) in [5.74, 6) is -0.793. The molecule has 0 radical (unpaired) electrons. The van der Waals surface area contributed by atoms with Gasteiger partial charge in [0.1, 0.15) is 5.82 Å². The van der Waals surface area contributed by atoms with Crippen molar-refractivity contribution in [1.82, 2.24) is 0 Å². The Morgan fingerprint density at radius 3 is 2.52 bits per heavy atom. The molecule has 0 aliphatic heterocycles. The molecule has 21 heavy (non-hydrogen) atoms. The SMILES string of the molecule is COCc1ccccc1CNc1cccc(F)c1C(C)=O. The number of halogens is 1. The molecule has 3 nitrogen and oxygen atoms in total. The predicted molar refractivity (Wildman–Crippen MR) is 80.9 cm³/mol. The molecule has 0 unspecified atom stereocenters. The highest BCUT2D eigenvalue weighted by atomic mass is 19.1. The van der Waals surface area contributed by atoms with Gasteiger partial charge in [-0.3, -0.25) is 4.79 Å². The van der Waals surface area contributed by atoms with Crippen molar-refractivity contribution in [2.75, 3.05) is 12.4 Å². The zero-order valence-corrected chi connectivity index (χ0v) is 12.2. The maximum Gasteiger partial charge on any atom is 0.164 e. The number of hydrogen-bond acceptors (Lipinski definition) is 3. The topological polar surface area (TPSA) is 38.3 Å². The minimum atomic E-state index is -0.502. The highest BCUT2D eigenvalue weighted by Crippen LogP contribution is 2.21. The van der Waals surface area contributed by atoms with Crippen LogP contribution in [-0.2, 0) is 17.9 Å². The number of methoxy groups -OCH3 is 1. The smallest absolute Gasteiger partial charge is 0.164 e. The van der Waals surface area contributed by atoms with Gasteiger partial charge in [0.15, 0.2) is 5.78 Å². The van der Waals surface area contributed by atoms with Crippen LogP contribution in [0.1, 0.15) is 28.4 Å². The molecule has 2 rings (SSSR count). The van der Waals surface area contributed by atoms with Crippen LogP contribution in [0.4, 0.5) is 10.1 Å². The van der Waals surface area contributed by atoms with Gasteiger partial charge in [0.05, 0.1) is 12.2 Å². The summed E-state index contributed by atoms with van der Waals surface area (Å²) in [5.41, 5.74) is 2.72. The number of carbonyl (C=O) groups is 1. The quantitative estimate of drug-likeness (QED) is 0.822. The molecule has 0 aliphatic rings. The number of ketones is 1. The van der Waals surface area contributed by atoms with Crippen molar-refractivity contribution in [3.05, 3.63) is 65.0 Å². The highest BCUT2D eigenvalue weighted by molar-refractivity contribution is 5.99. The largest absolute Gasteiger partial charge is 0.380 e. The van der Waals surface area contributed by atoms with E-state index in [4.69, 9.17) is 4.74 Å². The zero-order chi connectivity index (χ0) is 15.2. The predicted octanol–water partition coefficient (Wildman–Crippen LogP) is 3.79. The Hall–Kier alpha value is -2.20. The van der Waals surface area contributed by atoms with Crippen LogP contribution in [0.2, 0.25) is 0 Å². The van der Waals surface area contributed by atoms with E-state index in [9.17, 15) is 9.18 Å². The summed E-state index contributed by atoms with van der Waals surface area (Å²) in [6.07, 6.45) is 0. The van der Waals surface area contributed by atoms with Crippen molar-refractivity contribution in [2.24, 2.45) is 0 Å². The first-order valence-electron chi connectivity index (χ1n) is 6.72. The third-order valence-electron chi connectivity index (χ3n) is 3.25. The van der Waals surface area contributed by atoms with Gasteiger partial charge in [0.2, 0.25) is 0 Å². The van der Waals surface area contributed by atoms with Gasteiger partial charge in [-0.2, -0.15) is 0 Å². The van der Waals surface area contributed by atoms with E-state index < -0.39 is 5.82 Å². The summed E-state index contributed by atoms with van der Waals surface area (Å²) in [6, 6.07) is 12.4. The lowest BCUT2D eigenvalue weighted by molar-refractivity contribution is 0.101. The van der Waals surface area contributed by atoms with Crippen molar-refractivity contribution < 1.29 is 13.9 Å². The lowest BCUT2D eigenvalue weighted by Crippen LogP contribution is -2.08. The van der Waals surface area contributed by atoms with E-state index in [2.05, 4.69) is 5.32 Å². The third kappa shape index (κ3) is 3.67. The van der Waals surface area contributed by atoms with Gasteiger partial charge in [0.25, 0.3) is 0 Å². The molecule has 2 aromatic rings. The molecule has 0 aliphatic carbocycles. The monoisotopic (exact) mass is 287 g/mol. The maximum absolute atomic E-state index is 13.7. The number of benzene rings is 2. The number of rotatable bonds is 6. The van der Waals surface area contributed by atoms with Crippen LogP contribution < -0.4 is 5.32 Å². The average Bonchev–Trinajstić information content (AvgIpc) is 2.46. The zero-order valence-electron chi connectivity index (χ0n) is 12.2. The number of hydrogen-bond donors (Lipinski definition) is 1. The molecule has 0 bridgehead atoms. The minimum Gasteiger partial charge on any atom is -0.380 e. The lowest BCUT2D eigenvalue weighted by atomic mass is 10.1. The second kappa shape index (κ2) is 6.99. The van der Waals surface area contributed by atoms with E-state index in [0.717, 1.165) is 11.1 Å². The van der Waals surface area contributed by atoms with Crippen molar-refractivity contribution in [3.8, 4) is 0 Å². The van der Waals surface area contributed by atoms with Crippen LogP contribution >= 0.6 is 0 Å². The summed E-state index contributed by atoms with van der Waals surface area (Å²) in [7, 11) is 1.64. The fourth-order valence-electron chi connectivity index (χ4n) is 2.25. The van der Waals surface area contributed by atoms with Crippen LogP contribution in [-0.4, -0.2) is 12.9 Å². The number of nitrogens with one attached hydrogen (secondary N) is 1. The van der Waals surface area contributed by atoms with Crippen molar-refractivity contribution >= 4 is 11.5 Å². The average molecular weight is 287 g/mol. The first-order chi connectivity index (χ1) is 10.1. The third-order valence-corrected chi connectivity index (χ3v) is 3.25. The maximum atomic E-state index is 13.7. The first kappa shape index (κ1) is 15.2. The Morgan fingerprint density at radius 2 is 1.86 bits per heavy atom. The van der Waals surface area contributed by atoms with Crippen molar-refractivity contribution in [1.29, 1.82) is 0 Å². The van der Waals surface area contributed by atoms with Gasteiger partial charge in [-0.1, -0.05) is 30.3 Å². The molecule has 0 saturated heterocycles. The molecule has 0 saturated carbocycles. The van der Waals surface area contributed by atoms with Crippen LogP contribution in [0.25, 0.3) is 0 Å². The van der Waals surface area contributed by atoms with E-state index in [1.165, 1.54) is 13.0 Å². The van der Waals surface area contributed by atoms with Gasteiger partial charge in [-0.05, 0) is 30.2 Å². The molecule has 0 fully saturated rings. The normalized spacial score (nSPS) is 10.4. The molecule has 110 valence electrons. The fourth-order valence-corrected chi connectivity index (χ4v) is 2.25. The van der Waals surface area contributed by atoms with Crippen LogP contribution in [0.5, 0.6) is 0 Å². The molecular formula is C17H18FNO2. The van der Waals surface area contributed by atoms with E-state index in [-0.39, 0.29) is 11.3 Å². The lowest BCUT2D eigenvalue weighted by Gasteiger charge is -2.13. The van der Waals surface area contributed by atoms with Gasteiger partial charge in [0, 0.05) is 19.3 Å². The van der Waals surface area contributed by atoms with Gasteiger partial charge in [-0.25, -0.2) is 4.39 Å². The molecule has 4 heteroatoms. The Morgan fingerprint density at radius 1 is 1.14 bits per heavy atom. The van der Waals surface area contributed by atoms with Crippen molar-refractivity contribution in [2.45, 2.75) is 20.1 Å². The highest BCUT2D eigenvalue weighted by Gasteiger charge is 2.12. The second-order valence-electron chi connectivity index (χ2n) is 4.77. The summed E-state index contributed by atoms with van der Waals surface area (Å²) >= 11 is 0. The van der Waals surface area contributed by atoms with Crippen LogP contribution in [0.3, 0.4) is 0 Å². The van der Waals surface area contributed by atoms with E-state index in [0.29, 0.717) is 18.8 Å². The van der Waals surface area contributed by atoms with E-state index >= 15 is 0 Å². The minimum absolute atomic E-state index is 0.0988. The molecular weight excluding hydrogens is 269 g/mol. The number of anilines is 1. The van der Waals surface area contributed by atoms with Gasteiger partial charge in [-0.15, -0.1) is 0 Å². The fraction of sp³-hybridized carbons (Fsp3) is 0.235. The molecule has 2 aromatic carbocycles. The Balaban J connectivity index is 2.21. The number of carbonyl (C=O) groups excluding carboxylic acids is 1. The number of Topliss-reactive ketones (excluding diaryl/α,β-unsaturated/α-hetero) is 1. The van der Waals surface area contributed by atoms with Gasteiger partial charge < -0.3 is 10.1 Å². The molecule has 0 aromatic heterocycles. The Labute approximate surface area is 123 Å².